The number of aryl methyl sites for hydroxylation is 1. The standard InChI is InChI=1S/C12H13Cl2N3/c1-8-16-11(5-15)7-17(8)6-9-2-3-10(13)4-12(9)14/h2-4,7H,5-6,15H2,1H3. The summed E-state index contributed by atoms with van der Waals surface area (Å²) >= 11 is 12.0. The molecule has 17 heavy (non-hydrogen) atoms. The first-order valence-electron chi connectivity index (χ1n) is 5.27. The number of imidazole rings is 1. The molecule has 0 aliphatic carbocycles. The van der Waals surface area contributed by atoms with Gasteiger partial charge in [-0.2, -0.15) is 0 Å². The van der Waals surface area contributed by atoms with E-state index < -0.39 is 0 Å². The van der Waals surface area contributed by atoms with Crippen LogP contribution in [0.15, 0.2) is 24.4 Å². The maximum absolute atomic E-state index is 6.13. The Bertz CT molecular complexity index is 535. The Labute approximate surface area is 110 Å². The number of rotatable bonds is 3. The van der Waals surface area contributed by atoms with Gasteiger partial charge in [-0.3, -0.25) is 0 Å². The first-order chi connectivity index (χ1) is 8.10. The van der Waals surface area contributed by atoms with Crippen molar-refractivity contribution in [3.63, 3.8) is 0 Å². The van der Waals surface area contributed by atoms with Gasteiger partial charge in [-0.05, 0) is 24.6 Å². The second kappa shape index (κ2) is 5.08. The zero-order chi connectivity index (χ0) is 12.4. The summed E-state index contributed by atoms with van der Waals surface area (Å²) in [5.41, 5.74) is 7.45. The van der Waals surface area contributed by atoms with Crippen LogP contribution in [-0.4, -0.2) is 9.55 Å². The number of hydrogen-bond donors (Lipinski definition) is 1. The molecule has 1 aromatic heterocycles. The predicted molar refractivity (Wildman–Crippen MR) is 70.4 cm³/mol. The van der Waals surface area contributed by atoms with E-state index in [1.165, 1.54) is 0 Å². The van der Waals surface area contributed by atoms with Crippen LogP contribution in [-0.2, 0) is 13.1 Å². The van der Waals surface area contributed by atoms with Crippen molar-refractivity contribution in [1.82, 2.24) is 9.55 Å². The molecule has 0 spiro atoms. The Balaban J connectivity index is 2.27. The van der Waals surface area contributed by atoms with E-state index in [1.807, 2.05) is 29.8 Å². The Hall–Kier alpha value is -1.03. The summed E-state index contributed by atoms with van der Waals surface area (Å²) in [5.74, 6) is 0.927. The third-order valence-corrected chi connectivity index (χ3v) is 3.18. The fraction of sp³-hybridized carbons (Fsp3) is 0.250. The van der Waals surface area contributed by atoms with Crippen LogP contribution in [0.5, 0.6) is 0 Å². The molecule has 90 valence electrons. The Morgan fingerprint density at radius 2 is 2.12 bits per heavy atom. The molecule has 0 unspecified atom stereocenters. The Kier molecular flexibility index (Phi) is 3.72. The molecule has 0 atom stereocenters. The van der Waals surface area contributed by atoms with Gasteiger partial charge in [-0.15, -0.1) is 0 Å². The van der Waals surface area contributed by atoms with Crippen LogP contribution in [0.1, 0.15) is 17.1 Å². The van der Waals surface area contributed by atoms with Crippen molar-refractivity contribution in [2.45, 2.75) is 20.0 Å². The smallest absolute Gasteiger partial charge is 0.106 e. The van der Waals surface area contributed by atoms with Crippen molar-refractivity contribution in [1.29, 1.82) is 0 Å². The third-order valence-electron chi connectivity index (χ3n) is 2.59. The first kappa shape index (κ1) is 12.4. The minimum absolute atomic E-state index is 0.447. The molecule has 0 saturated heterocycles. The lowest BCUT2D eigenvalue weighted by Gasteiger charge is -2.07. The van der Waals surface area contributed by atoms with Crippen LogP contribution in [0, 0.1) is 6.92 Å². The van der Waals surface area contributed by atoms with Crippen molar-refractivity contribution in [3.8, 4) is 0 Å². The highest BCUT2D eigenvalue weighted by atomic mass is 35.5. The molecule has 2 N–H and O–H groups in total. The second-order valence-corrected chi connectivity index (χ2v) is 4.69. The molecule has 0 aliphatic heterocycles. The maximum atomic E-state index is 6.13. The van der Waals surface area contributed by atoms with Gasteiger partial charge in [0.05, 0.1) is 12.2 Å². The monoisotopic (exact) mass is 269 g/mol. The Morgan fingerprint density at radius 3 is 2.71 bits per heavy atom. The quantitative estimate of drug-likeness (QED) is 0.931. The third kappa shape index (κ3) is 2.80. The number of hydrogen-bond acceptors (Lipinski definition) is 2. The van der Waals surface area contributed by atoms with Gasteiger partial charge < -0.3 is 10.3 Å². The summed E-state index contributed by atoms with van der Waals surface area (Å²) in [5, 5.41) is 1.31. The molecule has 0 amide bonds. The van der Waals surface area contributed by atoms with Gasteiger partial charge in [0.25, 0.3) is 0 Å². The van der Waals surface area contributed by atoms with E-state index in [9.17, 15) is 0 Å². The summed E-state index contributed by atoms with van der Waals surface area (Å²) in [6.07, 6.45) is 1.94. The lowest BCUT2D eigenvalue weighted by Crippen LogP contribution is -2.01. The van der Waals surface area contributed by atoms with Crippen LogP contribution in [0.2, 0.25) is 10.0 Å². The van der Waals surface area contributed by atoms with Crippen molar-refractivity contribution < 1.29 is 0 Å². The molecule has 5 heteroatoms. The van der Waals surface area contributed by atoms with Gasteiger partial charge in [-0.1, -0.05) is 29.3 Å². The summed E-state index contributed by atoms with van der Waals surface area (Å²) in [7, 11) is 0. The highest BCUT2D eigenvalue weighted by Gasteiger charge is 2.06. The molecule has 0 bridgehead atoms. The van der Waals surface area contributed by atoms with Crippen LogP contribution in [0.25, 0.3) is 0 Å². The Morgan fingerprint density at radius 1 is 1.35 bits per heavy atom. The van der Waals surface area contributed by atoms with Crippen LogP contribution < -0.4 is 5.73 Å². The second-order valence-electron chi connectivity index (χ2n) is 3.85. The van der Waals surface area contributed by atoms with Gasteiger partial charge >= 0.3 is 0 Å². The summed E-state index contributed by atoms with van der Waals surface area (Å²) in [4.78, 5) is 4.34. The van der Waals surface area contributed by atoms with Gasteiger partial charge in [0.2, 0.25) is 0 Å². The summed E-state index contributed by atoms with van der Waals surface area (Å²) in [6.45, 7) is 3.07. The van der Waals surface area contributed by atoms with E-state index in [2.05, 4.69) is 4.98 Å². The fourth-order valence-electron chi connectivity index (χ4n) is 1.67. The van der Waals surface area contributed by atoms with Crippen molar-refractivity contribution >= 4 is 23.2 Å². The van der Waals surface area contributed by atoms with Gasteiger partial charge in [0.1, 0.15) is 5.82 Å². The van der Waals surface area contributed by atoms with Gasteiger partial charge in [-0.25, -0.2) is 4.98 Å². The first-order valence-corrected chi connectivity index (χ1v) is 6.02. The molecular formula is C12H13Cl2N3. The van der Waals surface area contributed by atoms with Crippen LogP contribution in [0.4, 0.5) is 0 Å². The molecule has 3 nitrogen and oxygen atoms in total. The SMILES string of the molecule is Cc1nc(CN)cn1Cc1ccc(Cl)cc1Cl. The highest BCUT2D eigenvalue weighted by Crippen LogP contribution is 2.22. The number of nitrogens with two attached hydrogens (primary N) is 1. The molecule has 0 fully saturated rings. The van der Waals surface area contributed by atoms with Crippen molar-refractivity contribution in [2.75, 3.05) is 0 Å². The van der Waals surface area contributed by atoms with Crippen molar-refractivity contribution in [2.24, 2.45) is 5.73 Å². The summed E-state index contributed by atoms with van der Waals surface area (Å²) < 4.78 is 2.03. The van der Waals surface area contributed by atoms with E-state index in [-0.39, 0.29) is 0 Å². The van der Waals surface area contributed by atoms with Crippen LogP contribution in [0.3, 0.4) is 0 Å². The average molecular weight is 270 g/mol. The zero-order valence-electron chi connectivity index (χ0n) is 9.45. The molecule has 1 aromatic carbocycles. The van der Waals surface area contributed by atoms with E-state index in [1.54, 1.807) is 6.07 Å². The predicted octanol–water partition coefficient (Wildman–Crippen LogP) is 3.01. The molecular weight excluding hydrogens is 257 g/mol. The number of halogens is 2. The van der Waals surface area contributed by atoms with E-state index in [4.69, 9.17) is 28.9 Å². The number of benzene rings is 1. The normalized spacial score (nSPS) is 10.8. The molecule has 1 heterocycles. The maximum Gasteiger partial charge on any atom is 0.106 e. The average Bonchev–Trinajstić information content (AvgIpc) is 2.64. The van der Waals surface area contributed by atoms with E-state index in [0.717, 1.165) is 17.1 Å². The molecule has 0 saturated carbocycles. The fourth-order valence-corrected chi connectivity index (χ4v) is 2.13. The van der Waals surface area contributed by atoms with Crippen molar-refractivity contribution in [3.05, 3.63) is 51.5 Å². The number of nitrogens with zero attached hydrogens (tertiary/aromatic N) is 2. The van der Waals surface area contributed by atoms with Gasteiger partial charge in [0.15, 0.2) is 0 Å². The molecule has 0 aliphatic rings. The number of aromatic nitrogens is 2. The minimum Gasteiger partial charge on any atom is -0.330 e. The van der Waals surface area contributed by atoms with Gasteiger partial charge in [0, 0.05) is 22.8 Å². The van der Waals surface area contributed by atoms with E-state index in [0.29, 0.717) is 23.1 Å². The molecule has 0 radical (unpaired) electrons. The largest absolute Gasteiger partial charge is 0.330 e. The zero-order valence-corrected chi connectivity index (χ0v) is 11.0. The lowest BCUT2D eigenvalue weighted by atomic mass is 10.2. The topological polar surface area (TPSA) is 43.8 Å². The van der Waals surface area contributed by atoms with Crippen LogP contribution >= 0.6 is 23.2 Å². The molecule has 2 rings (SSSR count). The summed E-state index contributed by atoms with van der Waals surface area (Å²) in [6, 6.07) is 5.50. The lowest BCUT2D eigenvalue weighted by molar-refractivity contribution is 0.761. The highest BCUT2D eigenvalue weighted by molar-refractivity contribution is 6.35. The van der Waals surface area contributed by atoms with E-state index >= 15 is 0 Å². The minimum atomic E-state index is 0.447. The molecule has 2 aromatic rings.